The zero-order valence-corrected chi connectivity index (χ0v) is 12.4. The van der Waals surface area contributed by atoms with Crippen LogP contribution in [0.4, 0.5) is 0 Å². The van der Waals surface area contributed by atoms with Crippen molar-refractivity contribution in [2.24, 2.45) is 0 Å². The Morgan fingerprint density at radius 1 is 1.50 bits per heavy atom. The predicted molar refractivity (Wildman–Crippen MR) is 75.2 cm³/mol. The lowest BCUT2D eigenvalue weighted by Gasteiger charge is -2.34. The summed E-state index contributed by atoms with van der Waals surface area (Å²) in [5.74, 6) is -1.40. The molecule has 1 N–H and O–H groups in total. The zero-order valence-electron chi connectivity index (χ0n) is 10.9. The molecular weight excluding hydrogens is 303 g/mol. The highest BCUT2D eigenvalue weighted by Crippen LogP contribution is 2.35. The second-order valence-corrected chi connectivity index (χ2v) is 5.53. The van der Waals surface area contributed by atoms with Crippen molar-refractivity contribution in [2.45, 2.75) is 31.7 Å². The summed E-state index contributed by atoms with van der Waals surface area (Å²) in [6.45, 7) is 2.16. The molecule has 7 heteroatoms. The third kappa shape index (κ3) is 2.36. The standard InChI is InChI=1S/C13H14Cl2N2O3/c1-2-13(12(19)20)4-3-5-17(13)11(18)8-6-10(15)16-7-9(8)14/h6-7H,2-5H2,1H3,(H,19,20). The van der Waals surface area contributed by atoms with E-state index >= 15 is 0 Å². The number of carboxylic acids is 1. The van der Waals surface area contributed by atoms with Gasteiger partial charge in [-0.05, 0) is 25.3 Å². The van der Waals surface area contributed by atoms with Crippen molar-refractivity contribution in [1.29, 1.82) is 0 Å². The number of halogens is 2. The lowest BCUT2D eigenvalue weighted by molar-refractivity contribution is -0.148. The maximum atomic E-state index is 12.6. The van der Waals surface area contributed by atoms with Crippen LogP contribution in [0.3, 0.4) is 0 Å². The van der Waals surface area contributed by atoms with E-state index in [1.54, 1.807) is 6.92 Å². The first-order valence-electron chi connectivity index (χ1n) is 6.29. The Bertz CT molecular complexity index is 565. The third-order valence-corrected chi connectivity index (χ3v) is 4.28. The average molecular weight is 317 g/mol. The van der Waals surface area contributed by atoms with E-state index in [0.717, 1.165) is 0 Å². The molecule has 1 amide bonds. The van der Waals surface area contributed by atoms with Crippen LogP contribution < -0.4 is 0 Å². The van der Waals surface area contributed by atoms with Gasteiger partial charge in [0.15, 0.2) is 0 Å². The lowest BCUT2D eigenvalue weighted by Crippen LogP contribution is -2.52. The van der Waals surface area contributed by atoms with Gasteiger partial charge in [0.25, 0.3) is 5.91 Å². The highest BCUT2D eigenvalue weighted by atomic mass is 35.5. The Morgan fingerprint density at radius 3 is 2.80 bits per heavy atom. The summed E-state index contributed by atoms with van der Waals surface area (Å²) < 4.78 is 0. The number of likely N-dealkylation sites (tertiary alicyclic amines) is 1. The molecule has 108 valence electrons. The number of carbonyl (C=O) groups is 2. The number of amides is 1. The second-order valence-electron chi connectivity index (χ2n) is 4.74. The maximum absolute atomic E-state index is 12.6. The molecule has 0 bridgehead atoms. The summed E-state index contributed by atoms with van der Waals surface area (Å²) in [6.07, 6.45) is 2.75. The van der Waals surface area contributed by atoms with Gasteiger partial charge in [-0.3, -0.25) is 4.79 Å². The SMILES string of the molecule is CCC1(C(=O)O)CCCN1C(=O)c1cc(Cl)ncc1Cl. The minimum absolute atomic E-state index is 0.148. The van der Waals surface area contributed by atoms with E-state index in [0.29, 0.717) is 25.8 Å². The van der Waals surface area contributed by atoms with Crippen molar-refractivity contribution in [3.8, 4) is 0 Å². The molecule has 20 heavy (non-hydrogen) atoms. The van der Waals surface area contributed by atoms with Crippen molar-refractivity contribution >= 4 is 35.1 Å². The molecule has 1 aromatic heterocycles. The van der Waals surface area contributed by atoms with E-state index in [-0.39, 0.29) is 15.7 Å². The number of nitrogens with zero attached hydrogens (tertiary/aromatic N) is 2. The molecule has 1 saturated heterocycles. The lowest BCUT2D eigenvalue weighted by atomic mass is 9.92. The predicted octanol–water partition coefficient (Wildman–Crippen LogP) is 2.86. The van der Waals surface area contributed by atoms with Crippen molar-refractivity contribution in [3.05, 3.63) is 28.0 Å². The van der Waals surface area contributed by atoms with Crippen LogP contribution in [0.25, 0.3) is 0 Å². The fraction of sp³-hybridized carbons (Fsp3) is 0.462. The minimum Gasteiger partial charge on any atom is -0.479 e. The monoisotopic (exact) mass is 316 g/mol. The van der Waals surface area contributed by atoms with Gasteiger partial charge in [-0.25, -0.2) is 9.78 Å². The molecule has 1 fully saturated rings. The van der Waals surface area contributed by atoms with Crippen molar-refractivity contribution in [3.63, 3.8) is 0 Å². The maximum Gasteiger partial charge on any atom is 0.329 e. The van der Waals surface area contributed by atoms with Gasteiger partial charge in [0.1, 0.15) is 10.7 Å². The zero-order chi connectivity index (χ0) is 14.9. The first kappa shape index (κ1) is 15.1. The molecular formula is C13H14Cl2N2O3. The number of carboxylic acid groups (broad SMARTS) is 1. The Hall–Kier alpha value is -1.33. The first-order chi connectivity index (χ1) is 9.42. The van der Waals surface area contributed by atoms with Crippen LogP contribution in [-0.2, 0) is 4.79 Å². The highest BCUT2D eigenvalue weighted by Gasteiger charge is 2.48. The van der Waals surface area contributed by atoms with Crippen molar-refractivity contribution in [1.82, 2.24) is 9.88 Å². The van der Waals surface area contributed by atoms with Crippen molar-refractivity contribution < 1.29 is 14.7 Å². The summed E-state index contributed by atoms with van der Waals surface area (Å²) in [6, 6.07) is 1.37. The fourth-order valence-corrected chi connectivity index (χ4v) is 2.98. The van der Waals surface area contributed by atoms with Gasteiger partial charge in [0.2, 0.25) is 0 Å². The number of pyridine rings is 1. The number of hydrogen-bond donors (Lipinski definition) is 1. The summed E-state index contributed by atoms with van der Waals surface area (Å²) >= 11 is 11.7. The molecule has 0 radical (unpaired) electrons. The summed E-state index contributed by atoms with van der Waals surface area (Å²) in [7, 11) is 0. The van der Waals surface area contributed by atoms with Gasteiger partial charge in [0, 0.05) is 12.7 Å². The number of rotatable bonds is 3. The second kappa shape index (κ2) is 5.58. The van der Waals surface area contributed by atoms with E-state index < -0.39 is 17.4 Å². The van der Waals surface area contributed by atoms with Gasteiger partial charge in [0.05, 0.1) is 10.6 Å². The molecule has 1 aliphatic heterocycles. The molecule has 0 aliphatic carbocycles. The molecule has 1 unspecified atom stereocenters. The molecule has 0 saturated carbocycles. The molecule has 1 atom stereocenters. The number of carbonyl (C=O) groups excluding carboxylic acids is 1. The molecule has 0 spiro atoms. The Labute approximate surface area is 126 Å². The van der Waals surface area contributed by atoms with Gasteiger partial charge in [-0.2, -0.15) is 0 Å². The summed E-state index contributed by atoms with van der Waals surface area (Å²) in [5, 5.41) is 9.80. The number of aliphatic carboxylic acids is 1. The minimum atomic E-state index is -1.16. The topological polar surface area (TPSA) is 70.5 Å². The quantitative estimate of drug-likeness (QED) is 0.870. The molecule has 2 rings (SSSR count). The van der Waals surface area contributed by atoms with Crippen LogP contribution >= 0.6 is 23.2 Å². The fourth-order valence-electron chi connectivity index (χ4n) is 2.64. The Kier molecular flexibility index (Phi) is 4.20. The largest absolute Gasteiger partial charge is 0.479 e. The van der Waals surface area contributed by atoms with Crippen molar-refractivity contribution in [2.75, 3.05) is 6.54 Å². The smallest absolute Gasteiger partial charge is 0.329 e. The Morgan fingerprint density at radius 2 is 2.20 bits per heavy atom. The van der Waals surface area contributed by atoms with E-state index in [2.05, 4.69) is 4.98 Å². The summed E-state index contributed by atoms with van der Waals surface area (Å²) in [5.41, 5.74) is -0.969. The van der Waals surface area contributed by atoms with E-state index in [1.807, 2.05) is 0 Å². The molecule has 1 aromatic rings. The molecule has 0 aromatic carbocycles. The van der Waals surface area contributed by atoms with Crippen LogP contribution in [0.5, 0.6) is 0 Å². The van der Waals surface area contributed by atoms with Crippen LogP contribution in [-0.4, -0.2) is 39.0 Å². The third-order valence-electron chi connectivity index (χ3n) is 3.77. The van der Waals surface area contributed by atoms with Gasteiger partial charge < -0.3 is 10.0 Å². The highest BCUT2D eigenvalue weighted by molar-refractivity contribution is 6.35. The Balaban J connectivity index is 2.42. The van der Waals surface area contributed by atoms with Crippen LogP contribution in [0.15, 0.2) is 12.3 Å². The van der Waals surface area contributed by atoms with E-state index in [4.69, 9.17) is 23.2 Å². The van der Waals surface area contributed by atoms with Gasteiger partial charge >= 0.3 is 5.97 Å². The van der Waals surface area contributed by atoms with Crippen LogP contribution in [0.2, 0.25) is 10.2 Å². The van der Waals surface area contributed by atoms with Gasteiger partial charge in [-0.15, -0.1) is 0 Å². The van der Waals surface area contributed by atoms with E-state index in [1.165, 1.54) is 17.2 Å². The molecule has 5 nitrogen and oxygen atoms in total. The normalized spacial score (nSPS) is 22.1. The van der Waals surface area contributed by atoms with Gasteiger partial charge in [-0.1, -0.05) is 30.1 Å². The van der Waals surface area contributed by atoms with Crippen LogP contribution in [0, 0.1) is 0 Å². The van der Waals surface area contributed by atoms with Crippen LogP contribution in [0.1, 0.15) is 36.5 Å². The summed E-state index contributed by atoms with van der Waals surface area (Å²) in [4.78, 5) is 29.3. The molecule has 1 aliphatic rings. The average Bonchev–Trinajstić information content (AvgIpc) is 2.85. The first-order valence-corrected chi connectivity index (χ1v) is 7.04. The number of aromatic nitrogens is 1. The molecule has 2 heterocycles. The van der Waals surface area contributed by atoms with E-state index in [9.17, 15) is 14.7 Å². The number of hydrogen-bond acceptors (Lipinski definition) is 3.